The number of nitrogens with one attached hydrogen (secondary N) is 3. The summed E-state index contributed by atoms with van der Waals surface area (Å²) in [7, 11) is 1.21. The number of hydrogen-bond acceptors (Lipinski definition) is 16. The summed E-state index contributed by atoms with van der Waals surface area (Å²) in [5.41, 5.74) is 1.96. The molecule has 152 valence electrons. The molecule has 0 aromatic carbocycles. The number of rotatable bonds is 7. The Morgan fingerprint density at radius 2 is 1.81 bits per heavy atom. The van der Waals surface area contributed by atoms with Crippen LogP contribution in [0, 0.1) is 15.6 Å². The molecule has 0 radical (unpaired) electrons. The number of esters is 1. The topological polar surface area (TPSA) is 205 Å². The number of hydrazine groups is 2. The van der Waals surface area contributed by atoms with Gasteiger partial charge in [0, 0.05) is 24.2 Å². The molecule has 16 heteroatoms. The Morgan fingerprint density at radius 1 is 1.23 bits per heavy atom. The molecule has 1 saturated carbocycles. The van der Waals surface area contributed by atoms with Gasteiger partial charge in [0.15, 0.2) is 0 Å². The molecular weight excluding hydrogens is 378 g/mol. The molecule has 1 aliphatic heterocycles. The van der Waals surface area contributed by atoms with Crippen LogP contribution in [0.5, 0.6) is 0 Å². The first-order valence-corrected chi connectivity index (χ1v) is 8.34. The number of carbonyl (C=O) groups is 1. The molecule has 1 saturated heterocycles. The average molecular weight is 398 g/mol. The van der Waals surface area contributed by atoms with Gasteiger partial charge in [0.25, 0.3) is 0 Å². The van der Waals surface area contributed by atoms with Crippen molar-refractivity contribution in [2.75, 3.05) is 13.7 Å². The second kappa shape index (κ2) is 9.48. The fourth-order valence-corrected chi connectivity index (χ4v) is 3.70. The van der Waals surface area contributed by atoms with Crippen molar-refractivity contribution >= 4 is 17.9 Å². The van der Waals surface area contributed by atoms with Crippen LogP contribution in [0.1, 0.15) is 12.8 Å². The van der Waals surface area contributed by atoms with Crippen molar-refractivity contribution in [3.05, 3.63) is 15.6 Å². The van der Waals surface area contributed by atoms with Crippen LogP contribution >= 0.6 is 11.9 Å². The third kappa shape index (κ3) is 5.18. The molecule has 1 aliphatic carbocycles. The van der Waals surface area contributed by atoms with E-state index in [-0.39, 0.29) is 19.4 Å². The van der Waals surface area contributed by atoms with Gasteiger partial charge in [-0.05, 0) is 24.8 Å². The molecule has 2 fully saturated rings. The maximum Gasteiger partial charge on any atom is 0.321 e. The third-order valence-corrected chi connectivity index (χ3v) is 5.06. The van der Waals surface area contributed by atoms with Crippen LogP contribution in [-0.2, 0) is 9.53 Å². The summed E-state index contributed by atoms with van der Waals surface area (Å²) < 4.78 is 4.56. The molecular formula is C10H20N7O8S-3. The van der Waals surface area contributed by atoms with Crippen molar-refractivity contribution in [1.29, 1.82) is 0 Å². The Labute approximate surface area is 152 Å². The van der Waals surface area contributed by atoms with E-state index in [4.69, 9.17) is 5.21 Å². The molecule has 2 rings (SSSR count). The predicted octanol–water partition coefficient (Wildman–Crippen LogP) is -2.16. The van der Waals surface area contributed by atoms with Crippen molar-refractivity contribution < 1.29 is 25.2 Å². The number of nitrogens with zero attached hydrogens (tertiary/aromatic N) is 4. The van der Waals surface area contributed by atoms with E-state index < -0.39 is 51.3 Å². The molecule has 0 aromatic heterocycles. The second-order valence-electron chi connectivity index (χ2n) is 5.75. The first-order chi connectivity index (χ1) is 12.2. The van der Waals surface area contributed by atoms with E-state index in [1.165, 1.54) is 12.1 Å². The average Bonchev–Trinajstić information content (AvgIpc) is 3.00. The minimum atomic E-state index is -1.33. The summed E-state index contributed by atoms with van der Waals surface area (Å²) in [6.45, 7) is -0.190. The highest BCUT2D eigenvalue weighted by Crippen LogP contribution is 2.30. The Hall–Kier alpha value is -0.700. The standard InChI is InChI=1S/C10H20N7O8S/c1-25-8(18)4-14-10(26-13-12-14)11-9-6(16(21)22)2-5(15(19)20)3-7(9)17(23)24/h5-7,9-13,19,21,23H,2-4H2,1H3/q-3. The lowest BCUT2D eigenvalue weighted by Crippen LogP contribution is -2.66. The monoisotopic (exact) mass is 398 g/mol. The van der Waals surface area contributed by atoms with Gasteiger partial charge in [0.2, 0.25) is 0 Å². The van der Waals surface area contributed by atoms with Crippen molar-refractivity contribution in [3.63, 3.8) is 0 Å². The quantitative estimate of drug-likeness (QED) is 0.153. The zero-order valence-corrected chi connectivity index (χ0v) is 14.4. The zero-order valence-electron chi connectivity index (χ0n) is 13.6. The SMILES string of the molecule is COC(=O)CN1NNSC1NC1C(N([O-])O)CC(N([O-])O)CC1N([O-])O. The summed E-state index contributed by atoms with van der Waals surface area (Å²) >= 11 is 1.05. The first-order valence-electron chi connectivity index (χ1n) is 7.46. The van der Waals surface area contributed by atoms with Crippen molar-refractivity contribution in [2.45, 2.75) is 42.5 Å². The van der Waals surface area contributed by atoms with Gasteiger partial charge in [-0.1, -0.05) is 0 Å². The lowest BCUT2D eigenvalue weighted by molar-refractivity contribution is -0.179. The van der Waals surface area contributed by atoms with Crippen LogP contribution in [0.15, 0.2) is 0 Å². The maximum absolute atomic E-state index is 11.5. The molecule has 0 aromatic rings. The van der Waals surface area contributed by atoms with Crippen molar-refractivity contribution in [2.24, 2.45) is 0 Å². The van der Waals surface area contributed by atoms with E-state index >= 15 is 0 Å². The predicted molar refractivity (Wildman–Crippen MR) is 84.9 cm³/mol. The number of hydrogen-bond donors (Lipinski definition) is 6. The molecule has 15 nitrogen and oxygen atoms in total. The van der Waals surface area contributed by atoms with Gasteiger partial charge in [0.05, 0.1) is 7.11 Å². The molecule has 0 spiro atoms. The van der Waals surface area contributed by atoms with Crippen LogP contribution in [0.2, 0.25) is 0 Å². The number of carbonyl (C=O) groups excluding carboxylic acids is 1. The van der Waals surface area contributed by atoms with Gasteiger partial charge in [0.1, 0.15) is 12.0 Å². The highest BCUT2D eigenvalue weighted by atomic mass is 32.2. The summed E-state index contributed by atoms with van der Waals surface area (Å²) in [5.74, 6) is -0.562. The summed E-state index contributed by atoms with van der Waals surface area (Å²) in [6.07, 6.45) is -0.533. The van der Waals surface area contributed by atoms with Crippen LogP contribution < -0.4 is 15.7 Å². The van der Waals surface area contributed by atoms with Gasteiger partial charge in [-0.2, -0.15) is 15.4 Å². The van der Waals surface area contributed by atoms with Crippen molar-refractivity contribution in [1.82, 2.24) is 36.4 Å². The minimum Gasteiger partial charge on any atom is -0.762 e. The Morgan fingerprint density at radius 3 is 2.27 bits per heavy atom. The number of methoxy groups -OCH3 is 1. The molecule has 0 bridgehead atoms. The van der Waals surface area contributed by atoms with Crippen LogP contribution in [0.4, 0.5) is 0 Å². The molecule has 3 atom stereocenters. The molecule has 3 unspecified atom stereocenters. The maximum atomic E-state index is 11.5. The Bertz CT molecular complexity index is 457. The molecule has 26 heavy (non-hydrogen) atoms. The molecule has 1 heterocycles. The molecule has 6 N–H and O–H groups in total. The van der Waals surface area contributed by atoms with E-state index in [2.05, 4.69) is 20.4 Å². The smallest absolute Gasteiger partial charge is 0.321 e. The van der Waals surface area contributed by atoms with E-state index in [9.17, 15) is 30.8 Å². The van der Waals surface area contributed by atoms with E-state index in [1.54, 1.807) is 0 Å². The summed E-state index contributed by atoms with van der Waals surface area (Å²) in [6, 6.07) is -4.93. The van der Waals surface area contributed by atoms with Gasteiger partial charge >= 0.3 is 5.97 Å². The van der Waals surface area contributed by atoms with Gasteiger partial charge in [-0.25, -0.2) is 0 Å². The van der Waals surface area contributed by atoms with E-state index in [0.29, 0.717) is 0 Å². The number of hydroxylamine groups is 6. The minimum absolute atomic E-state index is 0.190. The van der Waals surface area contributed by atoms with Gasteiger partial charge < -0.3 is 36.0 Å². The van der Waals surface area contributed by atoms with E-state index in [1.807, 2.05) is 0 Å². The van der Waals surface area contributed by atoms with Crippen LogP contribution in [0.25, 0.3) is 0 Å². The van der Waals surface area contributed by atoms with E-state index in [0.717, 1.165) is 11.9 Å². The third-order valence-electron chi connectivity index (χ3n) is 4.24. The van der Waals surface area contributed by atoms with Crippen LogP contribution in [0.3, 0.4) is 0 Å². The number of ether oxygens (including phenoxy) is 1. The highest BCUT2D eigenvalue weighted by Gasteiger charge is 2.42. The highest BCUT2D eigenvalue weighted by molar-refractivity contribution is 7.98. The fraction of sp³-hybridized carbons (Fsp3) is 0.900. The van der Waals surface area contributed by atoms with Crippen molar-refractivity contribution in [3.8, 4) is 0 Å². The summed E-state index contributed by atoms with van der Waals surface area (Å²) in [5, 5.41) is 65.0. The summed E-state index contributed by atoms with van der Waals surface area (Å²) in [4.78, 5) is 14.1. The lowest BCUT2D eigenvalue weighted by Gasteiger charge is -2.52. The molecule has 2 aliphatic rings. The largest absolute Gasteiger partial charge is 0.762 e. The van der Waals surface area contributed by atoms with Gasteiger partial charge in [-0.3, -0.25) is 25.8 Å². The first kappa shape index (κ1) is 21.6. The fourth-order valence-electron chi connectivity index (χ4n) is 2.94. The Kier molecular flexibility index (Phi) is 7.88. The molecule has 0 amide bonds. The zero-order chi connectivity index (χ0) is 19.4. The Balaban J connectivity index is 2.15. The normalized spacial score (nSPS) is 33.4. The van der Waals surface area contributed by atoms with Crippen LogP contribution in [-0.4, -0.2) is 85.6 Å². The van der Waals surface area contributed by atoms with Gasteiger partial charge in [-0.15, -0.1) is 0 Å². The second-order valence-corrected chi connectivity index (χ2v) is 6.63. The lowest BCUT2D eigenvalue weighted by atomic mass is 9.83.